The zero-order valence-corrected chi connectivity index (χ0v) is 56.8. The minimum atomic E-state index is -0.853. The highest BCUT2D eigenvalue weighted by molar-refractivity contribution is 6.17. The number of carboxylic acid groups (broad SMARTS) is 1. The fraction of sp³-hybridized carbons (Fsp3) is 0.872. The van der Waals surface area contributed by atoms with Crippen molar-refractivity contribution in [1.82, 2.24) is 0 Å². The summed E-state index contributed by atoms with van der Waals surface area (Å²) < 4.78 is 45.0. The van der Waals surface area contributed by atoms with E-state index in [1.165, 1.54) is 154 Å². The first-order chi connectivity index (χ1) is 45.8. The van der Waals surface area contributed by atoms with Gasteiger partial charge in [-0.05, 0) is 290 Å². The Balaban J connectivity index is 0.000000109. The van der Waals surface area contributed by atoms with E-state index in [2.05, 4.69) is 12.2 Å². The number of halogens is 1. The number of carbonyl (C=O) groups excluding carboxylic acids is 5. The van der Waals surface area contributed by atoms with E-state index in [9.17, 15) is 33.9 Å². The van der Waals surface area contributed by atoms with Crippen LogP contribution in [0.1, 0.15) is 186 Å². The number of alkyl halides is 1. The Bertz CT molecular complexity index is 2770. The predicted molar refractivity (Wildman–Crippen MR) is 348 cm³/mol. The van der Waals surface area contributed by atoms with E-state index in [1.807, 2.05) is 12.2 Å². The zero-order valence-electron chi connectivity index (χ0n) is 56.0. The molecule has 0 aromatic heterocycles. The number of allylic oxidation sites excluding steroid dienone is 4. The highest BCUT2D eigenvalue weighted by atomic mass is 35.5. The van der Waals surface area contributed by atoms with Crippen LogP contribution in [-0.4, -0.2) is 100 Å². The number of hydrogen-bond acceptors (Lipinski definition) is 14. The first kappa shape index (κ1) is 66.4. The second kappa shape index (κ2) is 29.3. The van der Waals surface area contributed by atoms with Gasteiger partial charge in [-0.15, -0.1) is 0 Å². The van der Waals surface area contributed by atoms with Gasteiger partial charge in [-0.3, -0.25) is 28.8 Å². The van der Waals surface area contributed by atoms with Crippen LogP contribution in [0.4, 0.5) is 0 Å². The van der Waals surface area contributed by atoms with Gasteiger partial charge in [0.05, 0.1) is 75.1 Å². The van der Waals surface area contributed by atoms with Gasteiger partial charge in [0.15, 0.2) is 13.6 Å². The Labute approximate surface area is 563 Å². The molecule has 520 valence electrons. The lowest BCUT2D eigenvalue weighted by molar-refractivity contribution is -0.173. The molecule has 16 saturated carbocycles. The smallest absolute Gasteiger partial charge is 0.312 e. The second-order valence-electron chi connectivity index (χ2n) is 34.6. The van der Waals surface area contributed by atoms with Gasteiger partial charge >= 0.3 is 35.8 Å². The van der Waals surface area contributed by atoms with Crippen molar-refractivity contribution in [3.8, 4) is 0 Å². The minimum Gasteiger partial charge on any atom is -0.481 e. The van der Waals surface area contributed by atoms with Crippen molar-refractivity contribution >= 4 is 47.4 Å². The molecule has 30 unspecified atom stereocenters. The van der Waals surface area contributed by atoms with Crippen LogP contribution >= 0.6 is 11.6 Å². The van der Waals surface area contributed by atoms with Gasteiger partial charge in [0.25, 0.3) is 0 Å². The summed E-state index contributed by atoms with van der Waals surface area (Å²) in [5, 5.41) is 9.38. The van der Waals surface area contributed by atoms with Crippen molar-refractivity contribution in [3.63, 3.8) is 0 Å². The lowest BCUT2D eigenvalue weighted by Crippen LogP contribution is -2.38. The van der Waals surface area contributed by atoms with Crippen LogP contribution in [-0.2, 0) is 66.7 Å². The number of fused-ring (bicyclic) bond motifs is 18. The summed E-state index contributed by atoms with van der Waals surface area (Å²) in [4.78, 5) is 75.7. The minimum absolute atomic E-state index is 0.0111. The summed E-state index contributed by atoms with van der Waals surface area (Å²) in [6.45, 7) is 3.95. The maximum Gasteiger partial charge on any atom is 0.312 e. The molecular weight excluding hydrogens is 1210 g/mol. The van der Waals surface area contributed by atoms with Crippen molar-refractivity contribution in [1.29, 1.82) is 0 Å². The van der Waals surface area contributed by atoms with Crippen LogP contribution in [0, 0.1) is 178 Å². The molecule has 18 aliphatic carbocycles. The van der Waals surface area contributed by atoms with E-state index in [0.717, 1.165) is 116 Å². The van der Waals surface area contributed by atoms with Crippen molar-refractivity contribution in [3.05, 3.63) is 24.3 Å². The fourth-order valence-corrected chi connectivity index (χ4v) is 25.3. The molecule has 18 bridgehead atoms. The number of esters is 5. The van der Waals surface area contributed by atoms with E-state index in [-0.39, 0.29) is 90.8 Å². The molecule has 18 aliphatic rings. The quantitative estimate of drug-likeness (QED) is 0.0253. The number of carbonyl (C=O) groups is 6. The number of aliphatic carboxylic acids is 1. The van der Waals surface area contributed by atoms with Gasteiger partial charge in [-0.1, -0.05) is 74.4 Å². The van der Waals surface area contributed by atoms with Gasteiger partial charge in [0, 0.05) is 0 Å². The normalized spacial score (nSPS) is 45.8. The van der Waals surface area contributed by atoms with Crippen LogP contribution in [0.5, 0.6) is 0 Å². The number of hydrogen-bond donors (Lipinski definition) is 1. The molecule has 94 heavy (non-hydrogen) atoms. The van der Waals surface area contributed by atoms with Crippen molar-refractivity contribution < 1.29 is 71.8 Å². The molecule has 0 aromatic rings. The third-order valence-corrected chi connectivity index (χ3v) is 29.9. The maximum atomic E-state index is 13.0. The Kier molecular flexibility index (Phi) is 20.7. The Morgan fingerprint density at radius 3 is 0.851 bits per heavy atom. The molecule has 1 N–H and O–H groups in total. The predicted octanol–water partition coefficient (Wildman–Crippen LogP) is 14.1. The SMILES string of the molecule is ClCOCC1CC2CCC1C2.O=C(O)C1C2C=CC(C2)C1C(=O)OCC1CC2CCC1C2.O=C(OCOCC1CC2CCC1C2)C1C2C=CC(C2)C1C(=O)OCC1CC2CCC1C2.O=C(OCOCC1CC2CCC1C2)C1C2CCC(C2)C1C(=O)OCC1CC2CCC1C2. The van der Waals surface area contributed by atoms with Crippen LogP contribution in [0.3, 0.4) is 0 Å². The molecule has 0 heterocycles. The fourth-order valence-electron chi connectivity index (χ4n) is 25.2. The standard InChI is InChI=1S/C26H38O5.C26H36O5.C17H22O4.C9H15ClO/c2*27-25(30-13-22-10-16-2-4-18(22)8-16)23-19-5-6-20(11-19)24(23)26(28)31-14-29-12-21-9-15-1-3-17(21)7-15;18-16(19)14-11-3-4-12(7-11)15(14)17(20)21-8-13-6-9-1-2-10(13)5-9;10-6-11-5-9-4-7-1-2-8(9)3-7/h15-24H,1-14H2;5-6,15-24H,1-4,7-14H2;3-4,9-15H,1-2,5-8H2,(H,18,19);7-9H,1-6H2. The zero-order chi connectivity index (χ0) is 64.1. The van der Waals surface area contributed by atoms with Gasteiger partial charge < -0.3 is 43.0 Å². The summed E-state index contributed by atoms with van der Waals surface area (Å²) in [6, 6.07) is 0.369. The molecule has 16 fully saturated rings. The summed E-state index contributed by atoms with van der Waals surface area (Å²) in [5.41, 5.74) is 0. The molecule has 0 aliphatic heterocycles. The molecule has 0 radical (unpaired) electrons. The highest BCUT2D eigenvalue weighted by Gasteiger charge is 2.58. The Hall–Kier alpha value is -3.53. The number of ether oxygens (including phenoxy) is 8. The average molecular weight is 1320 g/mol. The third kappa shape index (κ3) is 14.2. The van der Waals surface area contributed by atoms with Crippen LogP contribution in [0.2, 0.25) is 0 Å². The highest BCUT2D eigenvalue weighted by Crippen LogP contribution is 2.57. The van der Waals surface area contributed by atoms with E-state index < -0.39 is 23.7 Å². The molecule has 18 rings (SSSR count). The summed E-state index contributed by atoms with van der Waals surface area (Å²) >= 11 is 5.46. The first-order valence-corrected chi connectivity index (χ1v) is 39.1. The number of rotatable bonds is 23. The monoisotopic (exact) mass is 1320 g/mol. The molecule has 0 spiro atoms. The Morgan fingerprint density at radius 1 is 0.287 bits per heavy atom. The Morgan fingerprint density at radius 2 is 0.553 bits per heavy atom. The molecule has 0 aromatic carbocycles. The number of carboxylic acids is 1. The first-order valence-electron chi connectivity index (χ1n) is 38.6. The summed E-state index contributed by atoms with van der Waals surface area (Å²) in [5.74, 6) is 10.4. The molecule has 30 atom stereocenters. The third-order valence-electron chi connectivity index (χ3n) is 29.7. The average Bonchev–Trinajstić information content (AvgIpc) is 1.65. The summed E-state index contributed by atoms with van der Waals surface area (Å²) in [6.07, 6.45) is 44.9. The summed E-state index contributed by atoms with van der Waals surface area (Å²) in [7, 11) is 0. The van der Waals surface area contributed by atoms with Gasteiger partial charge in [0.2, 0.25) is 0 Å². The van der Waals surface area contributed by atoms with Crippen molar-refractivity contribution in [2.75, 3.05) is 59.3 Å². The van der Waals surface area contributed by atoms with Crippen molar-refractivity contribution in [2.24, 2.45) is 178 Å². The molecule has 0 amide bonds. The van der Waals surface area contributed by atoms with Crippen molar-refractivity contribution in [2.45, 2.75) is 186 Å². The molecule has 0 saturated heterocycles. The topological polar surface area (TPSA) is 196 Å². The van der Waals surface area contributed by atoms with E-state index in [0.29, 0.717) is 74.6 Å². The molecule has 15 nitrogen and oxygen atoms in total. The lowest BCUT2D eigenvalue weighted by atomic mass is 9.79. The van der Waals surface area contributed by atoms with E-state index in [4.69, 9.17) is 49.5 Å². The second-order valence-corrected chi connectivity index (χ2v) is 34.8. The molecular formula is C78H111ClO15. The van der Waals surface area contributed by atoms with E-state index in [1.54, 1.807) is 0 Å². The van der Waals surface area contributed by atoms with Crippen LogP contribution in [0.15, 0.2) is 24.3 Å². The van der Waals surface area contributed by atoms with Gasteiger partial charge in [0.1, 0.15) is 6.07 Å². The van der Waals surface area contributed by atoms with E-state index >= 15 is 0 Å². The van der Waals surface area contributed by atoms with Gasteiger partial charge in [-0.2, -0.15) is 0 Å². The lowest BCUT2D eigenvalue weighted by Gasteiger charge is -2.29. The molecule has 16 heteroatoms. The van der Waals surface area contributed by atoms with Gasteiger partial charge in [-0.25, -0.2) is 0 Å². The van der Waals surface area contributed by atoms with Crippen LogP contribution < -0.4 is 0 Å². The van der Waals surface area contributed by atoms with Crippen LogP contribution in [0.25, 0.3) is 0 Å². The maximum absolute atomic E-state index is 13.0. The largest absolute Gasteiger partial charge is 0.481 e.